The van der Waals surface area contributed by atoms with E-state index in [4.69, 9.17) is 16.3 Å². The molecular formula is C25H19Br2ClN2O2. The molecule has 0 fully saturated rings. The first-order chi connectivity index (χ1) is 15.3. The minimum Gasteiger partial charge on any atom is -0.487 e. The van der Waals surface area contributed by atoms with Crippen LogP contribution in [0.25, 0.3) is 6.08 Å². The number of hydrogen-bond donors (Lipinski definition) is 1. The Bertz CT molecular complexity index is 1210. The number of hydrogen-bond acceptors (Lipinski definition) is 3. The van der Waals surface area contributed by atoms with Gasteiger partial charge in [0.15, 0.2) is 0 Å². The van der Waals surface area contributed by atoms with Crippen molar-refractivity contribution in [2.45, 2.75) is 20.5 Å². The maximum absolute atomic E-state index is 12.7. The number of ether oxygens (including phenoxy) is 1. The number of amides is 1. The summed E-state index contributed by atoms with van der Waals surface area (Å²) < 4.78 is 7.32. The van der Waals surface area contributed by atoms with E-state index in [0.717, 1.165) is 16.7 Å². The van der Waals surface area contributed by atoms with Crippen LogP contribution in [0, 0.1) is 25.2 Å². The number of halogens is 3. The fraction of sp³-hybridized carbons (Fsp3) is 0.120. The molecule has 7 heteroatoms. The van der Waals surface area contributed by atoms with Crippen LogP contribution >= 0.6 is 43.5 Å². The van der Waals surface area contributed by atoms with Crippen LogP contribution in [0.5, 0.6) is 5.75 Å². The van der Waals surface area contributed by atoms with Gasteiger partial charge in [0.05, 0.1) is 8.95 Å². The van der Waals surface area contributed by atoms with E-state index < -0.39 is 5.91 Å². The standard InChI is InChI=1S/C25H19Br2ClN2O2/c1-15-4-3-5-23(16(15)2)30-25(31)19(13-29)10-18-11-21(26)24(22(27)12-18)32-14-17-6-8-20(28)9-7-17/h3-12H,14H2,1-2H3,(H,30,31)/b19-10+. The van der Waals surface area contributed by atoms with Gasteiger partial charge in [0.25, 0.3) is 5.91 Å². The molecule has 3 rings (SSSR count). The Labute approximate surface area is 209 Å². The first-order valence-electron chi connectivity index (χ1n) is 9.64. The summed E-state index contributed by atoms with van der Waals surface area (Å²) in [5.74, 6) is 0.159. The third-order valence-electron chi connectivity index (χ3n) is 4.85. The fourth-order valence-electron chi connectivity index (χ4n) is 2.93. The molecule has 0 saturated carbocycles. The van der Waals surface area contributed by atoms with Crippen LogP contribution in [0.4, 0.5) is 5.69 Å². The number of aryl methyl sites for hydroxylation is 1. The summed E-state index contributed by atoms with van der Waals surface area (Å²) in [4.78, 5) is 12.7. The van der Waals surface area contributed by atoms with Gasteiger partial charge in [-0.3, -0.25) is 4.79 Å². The van der Waals surface area contributed by atoms with Crippen LogP contribution in [-0.2, 0) is 11.4 Å². The molecule has 0 unspecified atom stereocenters. The average molecular weight is 575 g/mol. The third kappa shape index (κ3) is 6.01. The van der Waals surface area contributed by atoms with E-state index in [1.165, 1.54) is 0 Å². The summed E-state index contributed by atoms with van der Waals surface area (Å²) in [7, 11) is 0. The molecule has 3 aromatic rings. The Morgan fingerprint density at radius 1 is 1.12 bits per heavy atom. The Hall–Kier alpha value is -2.59. The molecule has 0 aliphatic rings. The number of nitriles is 1. The van der Waals surface area contributed by atoms with Crippen LogP contribution < -0.4 is 10.1 Å². The highest BCUT2D eigenvalue weighted by Gasteiger charge is 2.14. The Balaban J connectivity index is 1.78. The van der Waals surface area contributed by atoms with Gasteiger partial charge in [0.2, 0.25) is 0 Å². The van der Waals surface area contributed by atoms with Crippen molar-refractivity contribution in [3.63, 3.8) is 0 Å². The van der Waals surface area contributed by atoms with Gasteiger partial charge in [-0.05, 0) is 104 Å². The van der Waals surface area contributed by atoms with Crippen molar-refractivity contribution in [1.29, 1.82) is 5.26 Å². The van der Waals surface area contributed by atoms with E-state index in [1.807, 2.05) is 62.4 Å². The summed E-state index contributed by atoms with van der Waals surface area (Å²) in [5.41, 5.74) is 4.37. The molecule has 0 atom stereocenters. The molecular weight excluding hydrogens is 556 g/mol. The van der Waals surface area contributed by atoms with Crippen LogP contribution in [0.2, 0.25) is 5.02 Å². The molecule has 4 nitrogen and oxygen atoms in total. The maximum Gasteiger partial charge on any atom is 0.266 e. The van der Waals surface area contributed by atoms with E-state index in [-0.39, 0.29) is 5.57 Å². The number of carbonyl (C=O) groups is 1. The van der Waals surface area contributed by atoms with Crippen molar-refractivity contribution in [2.75, 3.05) is 5.32 Å². The smallest absolute Gasteiger partial charge is 0.266 e. The van der Waals surface area contributed by atoms with E-state index in [2.05, 4.69) is 37.2 Å². The van der Waals surface area contributed by atoms with E-state index >= 15 is 0 Å². The van der Waals surface area contributed by atoms with Crippen molar-refractivity contribution in [2.24, 2.45) is 0 Å². The number of nitrogens with one attached hydrogen (secondary N) is 1. The summed E-state index contributed by atoms with van der Waals surface area (Å²) in [6.45, 7) is 4.26. The summed E-state index contributed by atoms with van der Waals surface area (Å²) in [6, 6.07) is 18.6. The molecule has 0 spiro atoms. The number of benzene rings is 3. The van der Waals surface area contributed by atoms with Crippen molar-refractivity contribution in [3.8, 4) is 11.8 Å². The second-order valence-electron chi connectivity index (χ2n) is 7.10. The SMILES string of the molecule is Cc1cccc(NC(=O)/C(C#N)=C/c2cc(Br)c(OCc3ccc(Cl)cc3)c(Br)c2)c1C. The fourth-order valence-corrected chi connectivity index (χ4v) is 4.51. The molecule has 0 heterocycles. The minimum absolute atomic E-state index is 0.000427. The summed E-state index contributed by atoms with van der Waals surface area (Å²) in [5, 5.41) is 13.0. The van der Waals surface area contributed by atoms with Crippen molar-refractivity contribution in [1.82, 2.24) is 0 Å². The third-order valence-corrected chi connectivity index (χ3v) is 6.28. The van der Waals surface area contributed by atoms with Gasteiger partial charge in [0, 0.05) is 10.7 Å². The van der Waals surface area contributed by atoms with Crippen LogP contribution in [0.3, 0.4) is 0 Å². The van der Waals surface area contributed by atoms with Crippen LogP contribution in [0.1, 0.15) is 22.3 Å². The van der Waals surface area contributed by atoms with Gasteiger partial charge in [-0.1, -0.05) is 35.9 Å². The lowest BCUT2D eigenvalue weighted by Crippen LogP contribution is -2.14. The molecule has 162 valence electrons. The predicted molar refractivity (Wildman–Crippen MR) is 136 cm³/mol. The lowest BCUT2D eigenvalue weighted by Gasteiger charge is -2.12. The molecule has 3 aromatic carbocycles. The van der Waals surface area contributed by atoms with Crippen molar-refractivity contribution in [3.05, 3.63) is 96.4 Å². The quantitative estimate of drug-likeness (QED) is 0.244. The van der Waals surface area contributed by atoms with Gasteiger partial charge < -0.3 is 10.1 Å². The van der Waals surface area contributed by atoms with Gasteiger partial charge in [-0.25, -0.2) is 0 Å². The molecule has 0 saturated heterocycles. The summed E-state index contributed by atoms with van der Waals surface area (Å²) >= 11 is 12.9. The zero-order valence-electron chi connectivity index (χ0n) is 17.4. The van der Waals surface area contributed by atoms with E-state index in [0.29, 0.717) is 37.6 Å². The van der Waals surface area contributed by atoms with Gasteiger partial charge >= 0.3 is 0 Å². The Kier molecular flexibility index (Phi) is 8.14. The second kappa shape index (κ2) is 10.8. The number of nitrogens with zero attached hydrogens (tertiary/aromatic N) is 1. The molecule has 1 amide bonds. The first kappa shape index (κ1) is 24.1. The largest absolute Gasteiger partial charge is 0.487 e. The molecule has 0 bridgehead atoms. The highest BCUT2D eigenvalue weighted by Crippen LogP contribution is 2.36. The normalized spacial score (nSPS) is 11.1. The van der Waals surface area contributed by atoms with E-state index in [9.17, 15) is 10.1 Å². The molecule has 0 aromatic heterocycles. The Morgan fingerprint density at radius 3 is 2.41 bits per heavy atom. The average Bonchev–Trinajstić information content (AvgIpc) is 2.76. The van der Waals surface area contributed by atoms with E-state index in [1.54, 1.807) is 18.2 Å². The number of anilines is 1. The van der Waals surface area contributed by atoms with Gasteiger partial charge in [0.1, 0.15) is 24.0 Å². The van der Waals surface area contributed by atoms with Crippen molar-refractivity contribution < 1.29 is 9.53 Å². The topological polar surface area (TPSA) is 62.1 Å². The summed E-state index contributed by atoms with van der Waals surface area (Å²) in [6.07, 6.45) is 1.54. The maximum atomic E-state index is 12.7. The Morgan fingerprint density at radius 2 is 1.78 bits per heavy atom. The molecule has 0 aliphatic heterocycles. The molecule has 1 N–H and O–H groups in total. The second-order valence-corrected chi connectivity index (χ2v) is 9.25. The molecule has 0 aliphatic carbocycles. The number of carbonyl (C=O) groups excluding carboxylic acids is 1. The highest BCUT2D eigenvalue weighted by atomic mass is 79.9. The van der Waals surface area contributed by atoms with Crippen LogP contribution in [0.15, 0.2) is 69.1 Å². The zero-order chi connectivity index (χ0) is 23.3. The molecule has 0 radical (unpaired) electrons. The number of rotatable bonds is 6. The first-order valence-corrected chi connectivity index (χ1v) is 11.6. The highest BCUT2D eigenvalue weighted by molar-refractivity contribution is 9.11. The predicted octanol–water partition coefficient (Wildman–Crippen LogP) is 7.61. The zero-order valence-corrected chi connectivity index (χ0v) is 21.3. The van der Waals surface area contributed by atoms with Crippen LogP contribution in [-0.4, -0.2) is 5.91 Å². The minimum atomic E-state index is -0.462. The van der Waals surface area contributed by atoms with Gasteiger partial charge in [-0.2, -0.15) is 5.26 Å². The molecule has 32 heavy (non-hydrogen) atoms. The monoisotopic (exact) mass is 572 g/mol. The lowest BCUT2D eigenvalue weighted by molar-refractivity contribution is -0.112. The van der Waals surface area contributed by atoms with Crippen molar-refractivity contribution >= 4 is 61.1 Å². The van der Waals surface area contributed by atoms with Gasteiger partial charge in [-0.15, -0.1) is 0 Å². The lowest BCUT2D eigenvalue weighted by atomic mass is 10.1.